The Kier molecular flexibility index (Phi) is 4.65. The van der Waals surface area contributed by atoms with Crippen LogP contribution in [0.25, 0.3) is 10.8 Å². The highest BCUT2D eigenvalue weighted by atomic mass is 16.2. The van der Waals surface area contributed by atoms with Crippen LogP contribution in [0, 0.1) is 0 Å². The van der Waals surface area contributed by atoms with Gasteiger partial charge < -0.3 is 5.32 Å². The highest BCUT2D eigenvalue weighted by molar-refractivity contribution is 6.07. The molecule has 1 N–H and O–H groups in total. The molecule has 28 heavy (non-hydrogen) atoms. The van der Waals surface area contributed by atoms with Gasteiger partial charge in [-0.2, -0.15) is 5.10 Å². The molecule has 1 saturated heterocycles. The molecule has 3 amide bonds. The number of imide groups is 1. The number of hydrazone groups is 1. The molecule has 0 unspecified atom stereocenters. The number of fused-ring (bicyclic) bond motifs is 1. The van der Waals surface area contributed by atoms with Crippen molar-refractivity contribution < 1.29 is 9.59 Å². The molecule has 3 aromatic rings. The molecule has 0 saturated carbocycles. The Morgan fingerprint density at radius 2 is 1.68 bits per heavy atom. The molecule has 4 rings (SSSR count). The Balaban J connectivity index is 1.49. The first-order valence-corrected chi connectivity index (χ1v) is 9.29. The maximum Gasteiger partial charge on any atom is 0.346 e. The zero-order valence-corrected chi connectivity index (χ0v) is 15.6. The lowest BCUT2D eigenvalue weighted by Crippen LogP contribution is -2.44. The van der Waals surface area contributed by atoms with Crippen LogP contribution < -0.4 is 5.32 Å². The van der Waals surface area contributed by atoms with Crippen molar-refractivity contribution in [2.75, 3.05) is 0 Å². The van der Waals surface area contributed by atoms with Crippen molar-refractivity contribution in [2.45, 2.75) is 25.3 Å². The van der Waals surface area contributed by atoms with Gasteiger partial charge in [0.15, 0.2) is 0 Å². The van der Waals surface area contributed by atoms with Crippen LogP contribution in [0.3, 0.4) is 0 Å². The molecule has 0 spiro atoms. The second-order valence-corrected chi connectivity index (χ2v) is 7.22. The molecule has 3 aromatic carbocycles. The van der Waals surface area contributed by atoms with Crippen molar-refractivity contribution in [2.24, 2.45) is 5.10 Å². The molecule has 1 heterocycles. The van der Waals surface area contributed by atoms with Gasteiger partial charge in [0.1, 0.15) is 5.54 Å². The maximum atomic E-state index is 12.8. The van der Waals surface area contributed by atoms with Crippen LogP contribution in [-0.4, -0.2) is 28.7 Å². The van der Waals surface area contributed by atoms with E-state index in [-0.39, 0.29) is 5.91 Å². The molecule has 1 aliphatic heterocycles. The molecule has 0 aromatic heterocycles. The van der Waals surface area contributed by atoms with Crippen molar-refractivity contribution >= 4 is 28.9 Å². The second kappa shape index (κ2) is 7.27. The van der Waals surface area contributed by atoms with E-state index in [1.807, 2.05) is 72.8 Å². The summed E-state index contributed by atoms with van der Waals surface area (Å²) in [6.07, 6.45) is 2.77. The predicted molar refractivity (Wildman–Crippen MR) is 110 cm³/mol. The van der Waals surface area contributed by atoms with Gasteiger partial charge in [-0.3, -0.25) is 4.79 Å². The minimum atomic E-state index is -0.951. The fraction of sp³-hybridized carbons (Fsp3) is 0.174. The van der Waals surface area contributed by atoms with Crippen LogP contribution in [0.4, 0.5) is 4.79 Å². The van der Waals surface area contributed by atoms with Gasteiger partial charge in [-0.15, -0.1) is 5.01 Å². The number of benzene rings is 3. The van der Waals surface area contributed by atoms with Crippen LogP contribution >= 0.6 is 0 Å². The number of nitrogens with zero attached hydrogens (tertiary/aromatic N) is 2. The molecule has 0 aliphatic carbocycles. The van der Waals surface area contributed by atoms with Gasteiger partial charge in [0.25, 0.3) is 5.91 Å². The molecular weight excluding hydrogens is 350 g/mol. The molecule has 0 radical (unpaired) electrons. The van der Waals surface area contributed by atoms with Crippen molar-refractivity contribution in [1.82, 2.24) is 10.3 Å². The highest BCUT2D eigenvalue weighted by Crippen LogP contribution is 2.24. The highest BCUT2D eigenvalue weighted by Gasteiger charge is 2.47. The van der Waals surface area contributed by atoms with E-state index < -0.39 is 11.6 Å². The Bertz CT molecular complexity index is 1060. The van der Waals surface area contributed by atoms with E-state index in [1.54, 1.807) is 13.1 Å². The monoisotopic (exact) mass is 371 g/mol. The number of hydrogen-bond acceptors (Lipinski definition) is 3. The first-order chi connectivity index (χ1) is 13.5. The van der Waals surface area contributed by atoms with E-state index in [4.69, 9.17) is 0 Å². The van der Waals surface area contributed by atoms with E-state index in [9.17, 15) is 9.59 Å². The summed E-state index contributed by atoms with van der Waals surface area (Å²) in [5, 5.41) is 10.1. The number of rotatable bonds is 5. The lowest BCUT2D eigenvalue weighted by Gasteiger charge is -2.20. The minimum Gasteiger partial charge on any atom is -0.322 e. The average molecular weight is 371 g/mol. The van der Waals surface area contributed by atoms with Gasteiger partial charge in [0, 0.05) is 0 Å². The number of nitrogens with one attached hydrogen (secondary N) is 1. The molecule has 1 atom stereocenters. The third-order valence-corrected chi connectivity index (χ3v) is 5.09. The Labute approximate surface area is 163 Å². The number of urea groups is 1. The minimum absolute atomic E-state index is 0.328. The lowest BCUT2D eigenvalue weighted by molar-refractivity contribution is -0.130. The molecule has 1 aliphatic rings. The van der Waals surface area contributed by atoms with Crippen molar-refractivity contribution in [3.63, 3.8) is 0 Å². The molecular formula is C23H21N3O2. The van der Waals surface area contributed by atoms with Crippen molar-refractivity contribution in [3.8, 4) is 0 Å². The smallest absolute Gasteiger partial charge is 0.322 e. The largest absolute Gasteiger partial charge is 0.346 e. The number of carbonyl (C=O) groups excluding carboxylic acids is 2. The third-order valence-electron chi connectivity index (χ3n) is 5.09. The summed E-state index contributed by atoms with van der Waals surface area (Å²) in [5.41, 5.74) is 1.01. The zero-order chi connectivity index (χ0) is 19.6. The fourth-order valence-corrected chi connectivity index (χ4v) is 3.39. The Morgan fingerprint density at radius 3 is 2.46 bits per heavy atom. The number of amides is 3. The van der Waals surface area contributed by atoms with E-state index in [1.165, 1.54) is 0 Å². The maximum absolute atomic E-state index is 12.8. The fourth-order valence-electron chi connectivity index (χ4n) is 3.39. The first kappa shape index (κ1) is 17.9. The molecule has 1 fully saturated rings. The zero-order valence-electron chi connectivity index (χ0n) is 15.6. The third kappa shape index (κ3) is 3.51. The lowest BCUT2D eigenvalue weighted by atomic mass is 9.93. The average Bonchev–Trinajstić information content (AvgIpc) is 2.94. The molecule has 5 nitrogen and oxygen atoms in total. The summed E-state index contributed by atoms with van der Waals surface area (Å²) >= 11 is 0. The molecule has 5 heteroatoms. The van der Waals surface area contributed by atoms with Gasteiger partial charge in [-0.25, -0.2) is 4.79 Å². The quantitative estimate of drug-likeness (QED) is 0.542. The SMILES string of the molecule is C[C@@]1(CCc2ccccc2)NC(=O)N(/N=C\c2ccc3ccccc3c2)C1=O. The molecule has 140 valence electrons. The van der Waals surface area contributed by atoms with Gasteiger partial charge in [0.05, 0.1) is 6.21 Å². The standard InChI is InChI=1S/C23H21N3O2/c1-23(14-13-17-7-3-2-4-8-17)21(27)26(22(28)25-23)24-16-18-11-12-19-9-5-6-10-20(19)15-18/h2-12,15-16H,13-14H2,1H3,(H,25,28)/b24-16-/t23-/m0/s1. The Hall–Kier alpha value is -3.47. The van der Waals surface area contributed by atoms with E-state index >= 15 is 0 Å². The van der Waals surface area contributed by atoms with Gasteiger partial charge >= 0.3 is 6.03 Å². The molecule has 0 bridgehead atoms. The van der Waals surface area contributed by atoms with Gasteiger partial charge in [-0.1, -0.05) is 66.7 Å². The summed E-state index contributed by atoms with van der Waals surface area (Å²) in [6.45, 7) is 1.75. The van der Waals surface area contributed by atoms with Gasteiger partial charge in [-0.05, 0) is 47.7 Å². The number of hydrogen-bond donors (Lipinski definition) is 1. The summed E-state index contributed by atoms with van der Waals surface area (Å²) in [5.74, 6) is -0.328. The van der Waals surface area contributed by atoms with Crippen molar-refractivity contribution in [1.29, 1.82) is 0 Å². The topological polar surface area (TPSA) is 61.8 Å². The summed E-state index contributed by atoms with van der Waals surface area (Å²) in [7, 11) is 0. The van der Waals surface area contributed by atoms with E-state index in [0.717, 1.165) is 26.9 Å². The van der Waals surface area contributed by atoms with Crippen LogP contribution in [0.2, 0.25) is 0 Å². The Morgan fingerprint density at radius 1 is 0.964 bits per heavy atom. The first-order valence-electron chi connectivity index (χ1n) is 9.29. The second-order valence-electron chi connectivity index (χ2n) is 7.22. The van der Waals surface area contributed by atoms with Crippen LogP contribution in [-0.2, 0) is 11.2 Å². The van der Waals surface area contributed by atoms with Crippen LogP contribution in [0.5, 0.6) is 0 Å². The van der Waals surface area contributed by atoms with E-state index in [2.05, 4.69) is 10.4 Å². The van der Waals surface area contributed by atoms with Crippen LogP contribution in [0.1, 0.15) is 24.5 Å². The number of carbonyl (C=O) groups is 2. The summed E-state index contributed by atoms with van der Waals surface area (Å²) in [4.78, 5) is 25.1. The summed E-state index contributed by atoms with van der Waals surface area (Å²) < 4.78 is 0. The number of aryl methyl sites for hydroxylation is 1. The van der Waals surface area contributed by atoms with Crippen LogP contribution in [0.15, 0.2) is 77.9 Å². The summed E-state index contributed by atoms with van der Waals surface area (Å²) in [6, 6.07) is 23.3. The van der Waals surface area contributed by atoms with Crippen molar-refractivity contribution in [3.05, 3.63) is 83.9 Å². The normalized spacial score (nSPS) is 19.5. The predicted octanol–water partition coefficient (Wildman–Crippen LogP) is 4.12. The van der Waals surface area contributed by atoms with E-state index in [0.29, 0.717) is 12.8 Å². The van der Waals surface area contributed by atoms with Gasteiger partial charge in [0.2, 0.25) is 0 Å².